The summed E-state index contributed by atoms with van der Waals surface area (Å²) in [5.74, 6) is 1.30. The van der Waals surface area contributed by atoms with Gasteiger partial charge in [0.2, 0.25) is 0 Å². The summed E-state index contributed by atoms with van der Waals surface area (Å²) in [6.07, 6.45) is 14.2. The predicted molar refractivity (Wildman–Crippen MR) is 157 cm³/mol. The lowest BCUT2D eigenvalue weighted by Crippen LogP contribution is -2.30. The first-order valence-corrected chi connectivity index (χ1v) is 14.6. The van der Waals surface area contributed by atoms with Crippen LogP contribution in [-0.2, 0) is 0 Å². The van der Waals surface area contributed by atoms with Crippen LogP contribution in [0.1, 0.15) is 84.0 Å². The average Bonchev–Trinajstić information content (AvgIpc) is 3.54. The molecule has 40 heavy (non-hydrogen) atoms. The number of aromatic amines is 1. The second-order valence-electron chi connectivity index (χ2n) is 11.6. The average molecular weight is 534 g/mol. The first-order valence-electron chi connectivity index (χ1n) is 14.6. The Balaban J connectivity index is 1.06. The van der Waals surface area contributed by atoms with Crippen molar-refractivity contribution >= 4 is 22.6 Å². The summed E-state index contributed by atoms with van der Waals surface area (Å²) < 4.78 is 6.08. The summed E-state index contributed by atoms with van der Waals surface area (Å²) in [5.41, 5.74) is 6.40. The van der Waals surface area contributed by atoms with Crippen LogP contribution in [0.25, 0.3) is 16.6 Å². The Kier molecular flexibility index (Phi) is 6.64. The molecule has 2 aromatic heterocycles. The minimum Gasteiger partial charge on any atom is -0.478 e. The van der Waals surface area contributed by atoms with Crippen molar-refractivity contribution in [1.82, 2.24) is 14.9 Å². The Labute approximate surface area is 234 Å². The van der Waals surface area contributed by atoms with Gasteiger partial charge in [-0.25, -0.2) is 9.78 Å². The number of pyridine rings is 1. The maximum Gasteiger partial charge on any atom is 0.339 e. The molecule has 6 heteroatoms. The number of benzene rings is 2. The van der Waals surface area contributed by atoms with Crippen LogP contribution < -0.4 is 4.74 Å². The molecule has 2 N–H and O–H groups in total. The number of aromatic carboxylic acids is 1. The summed E-state index contributed by atoms with van der Waals surface area (Å²) in [7, 11) is 0. The highest BCUT2D eigenvalue weighted by atomic mass is 16.5. The molecule has 0 amide bonds. The molecule has 4 aromatic rings. The van der Waals surface area contributed by atoms with Crippen LogP contribution in [0, 0.1) is 5.92 Å². The molecule has 3 aliphatic rings. The van der Waals surface area contributed by atoms with Gasteiger partial charge in [-0.2, -0.15) is 0 Å². The second-order valence-corrected chi connectivity index (χ2v) is 11.6. The van der Waals surface area contributed by atoms with Crippen LogP contribution in [0.2, 0.25) is 0 Å². The van der Waals surface area contributed by atoms with Crippen molar-refractivity contribution in [3.63, 3.8) is 0 Å². The quantitative estimate of drug-likeness (QED) is 0.240. The molecular formula is C34H35N3O3. The molecular weight excluding hydrogens is 498 g/mol. The van der Waals surface area contributed by atoms with Crippen LogP contribution in [-0.4, -0.2) is 39.0 Å². The molecule has 2 atom stereocenters. The molecule has 7 rings (SSSR count). The van der Waals surface area contributed by atoms with E-state index in [9.17, 15) is 9.90 Å². The third-order valence-electron chi connectivity index (χ3n) is 8.93. The lowest BCUT2D eigenvalue weighted by atomic mass is 9.85. The van der Waals surface area contributed by atoms with Gasteiger partial charge in [0.25, 0.3) is 0 Å². The molecule has 1 saturated carbocycles. The number of nitrogens with one attached hydrogen (secondary N) is 1. The standard InChI is InChI=1S/C34H35N3O3/c38-34(39)30-14-13-25(19-32(30)40-27-18-26-15-16-35-33(26)36-20-27)23-9-7-22(8-10-23)21-37-17-3-6-31(37)29-5-2-1-4-28(29)24-11-12-24/h1-2,4-5,9,13-16,18-20,22,24,31H,3,6-8,10-12,17,21H2,(H,35,36)(H,38,39)/t22?,31-/m0/s1. The van der Waals surface area contributed by atoms with Crippen LogP contribution >= 0.6 is 0 Å². The van der Waals surface area contributed by atoms with Gasteiger partial charge in [0.05, 0.1) is 6.20 Å². The third kappa shape index (κ3) is 5.04. The van der Waals surface area contributed by atoms with Gasteiger partial charge < -0.3 is 14.8 Å². The number of nitrogens with zero attached hydrogens (tertiary/aromatic N) is 2. The molecule has 1 aliphatic heterocycles. The summed E-state index contributed by atoms with van der Waals surface area (Å²) in [6, 6.07) is 19.0. The van der Waals surface area contributed by atoms with E-state index in [1.165, 1.54) is 37.8 Å². The molecule has 2 aromatic carbocycles. The van der Waals surface area contributed by atoms with E-state index in [1.54, 1.807) is 23.4 Å². The highest BCUT2D eigenvalue weighted by Gasteiger charge is 2.33. The number of fused-ring (bicyclic) bond motifs is 1. The number of ether oxygens (including phenoxy) is 1. The van der Waals surface area contributed by atoms with Crippen LogP contribution in [0.5, 0.6) is 11.5 Å². The number of hydrogen-bond donors (Lipinski definition) is 2. The van der Waals surface area contributed by atoms with Gasteiger partial charge in [-0.15, -0.1) is 0 Å². The summed E-state index contributed by atoms with van der Waals surface area (Å²) >= 11 is 0. The molecule has 1 saturated heterocycles. The first-order chi connectivity index (χ1) is 19.6. The maximum atomic E-state index is 11.9. The monoisotopic (exact) mass is 533 g/mol. The number of carbonyl (C=O) groups is 1. The highest BCUT2D eigenvalue weighted by molar-refractivity contribution is 5.92. The Morgan fingerprint density at radius 2 is 1.93 bits per heavy atom. The van der Waals surface area contributed by atoms with Crippen LogP contribution in [0.3, 0.4) is 0 Å². The van der Waals surface area contributed by atoms with E-state index in [0.29, 0.717) is 23.5 Å². The van der Waals surface area contributed by atoms with E-state index in [2.05, 4.69) is 45.2 Å². The van der Waals surface area contributed by atoms with Crippen LogP contribution in [0.4, 0.5) is 0 Å². The lowest BCUT2D eigenvalue weighted by molar-refractivity contribution is 0.0694. The van der Waals surface area contributed by atoms with Gasteiger partial charge in [-0.05, 0) is 110 Å². The normalized spacial score (nSPS) is 21.4. The van der Waals surface area contributed by atoms with Gasteiger partial charge in [-0.1, -0.05) is 36.4 Å². The fourth-order valence-corrected chi connectivity index (χ4v) is 6.71. The zero-order valence-electron chi connectivity index (χ0n) is 22.7. The Morgan fingerprint density at radius 1 is 1.05 bits per heavy atom. The number of allylic oxidation sites excluding steroid dienone is 2. The minimum absolute atomic E-state index is 0.152. The van der Waals surface area contributed by atoms with Crippen molar-refractivity contribution in [2.45, 2.75) is 56.9 Å². The fraction of sp³-hybridized carbons (Fsp3) is 0.353. The number of rotatable bonds is 8. The Bertz CT molecular complexity index is 1580. The van der Waals surface area contributed by atoms with Crippen molar-refractivity contribution in [3.05, 3.63) is 95.3 Å². The molecule has 2 fully saturated rings. The molecule has 204 valence electrons. The molecule has 0 radical (unpaired) electrons. The fourth-order valence-electron chi connectivity index (χ4n) is 6.71. The van der Waals surface area contributed by atoms with Crippen LogP contribution in [0.15, 0.2) is 73.1 Å². The molecule has 6 nitrogen and oxygen atoms in total. The first kappa shape index (κ1) is 25.1. The smallest absolute Gasteiger partial charge is 0.339 e. The largest absolute Gasteiger partial charge is 0.478 e. The van der Waals surface area contributed by atoms with Crippen molar-refractivity contribution in [3.8, 4) is 11.5 Å². The van der Waals surface area contributed by atoms with Gasteiger partial charge in [0.1, 0.15) is 22.7 Å². The molecule has 0 spiro atoms. The highest BCUT2D eigenvalue weighted by Crippen LogP contribution is 2.46. The van der Waals surface area contributed by atoms with E-state index in [-0.39, 0.29) is 5.56 Å². The summed E-state index contributed by atoms with van der Waals surface area (Å²) in [4.78, 5) is 22.1. The molecule has 0 bridgehead atoms. The summed E-state index contributed by atoms with van der Waals surface area (Å²) in [6.45, 7) is 2.34. The van der Waals surface area contributed by atoms with Crippen molar-refractivity contribution < 1.29 is 14.6 Å². The molecule has 2 aliphatic carbocycles. The van der Waals surface area contributed by atoms with Gasteiger partial charge in [0.15, 0.2) is 0 Å². The topological polar surface area (TPSA) is 78.4 Å². The molecule has 3 heterocycles. The van der Waals surface area contributed by atoms with Crippen molar-refractivity contribution in [2.75, 3.05) is 13.1 Å². The zero-order valence-corrected chi connectivity index (χ0v) is 22.7. The van der Waals surface area contributed by atoms with Crippen molar-refractivity contribution in [1.29, 1.82) is 0 Å². The van der Waals surface area contributed by atoms with Gasteiger partial charge in [0, 0.05) is 24.2 Å². The van der Waals surface area contributed by atoms with Gasteiger partial charge >= 0.3 is 5.97 Å². The number of H-pyrrole nitrogens is 1. The summed E-state index contributed by atoms with van der Waals surface area (Å²) in [5, 5.41) is 10.7. The van der Waals surface area contributed by atoms with Gasteiger partial charge in [-0.3, -0.25) is 4.90 Å². The van der Waals surface area contributed by atoms with E-state index in [1.807, 2.05) is 30.5 Å². The number of likely N-dealkylation sites (tertiary alicyclic amines) is 1. The SMILES string of the molecule is O=C(O)c1ccc(C2=CCC(CN3CCC[C@H]3c3ccccc3C3CC3)CC2)cc1Oc1cnc2[nH]ccc2c1. The lowest BCUT2D eigenvalue weighted by Gasteiger charge is -2.32. The van der Waals surface area contributed by atoms with E-state index in [4.69, 9.17) is 4.74 Å². The third-order valence-corrected chi connectivity index (χ3v) is 8.93. The number of carboxylic acid groups (broad SMARTS) is 1. The maximum absolute atomic E-state index is 11.9. The minimum atomic E-state index is -1.00. The number of aromatic nitrogens is 2. The number of carboxylic acids is 1. The Hall–Kier alpha value is -3.90. The van der Waals surface area contributed by atoms with E-state index in [0.717, 1.165) is 48.3 Å². The number of hydrogen-bond acceptors (Lipinski definition) is 4. The zero-order chi connectivity index (χ0) is 27.1. The van der Waals surface area contributed by atoms with E-state index < -0.39 is 5.97 Å². The van der Waals surface area contributed by atoms with Crippen molar-refractivity contribution in [2.24, 2.45) is 5.92 Å². The Morgan fingerprint density at radius 3 is 2.73 bits per heavy atom. The van der Waals surface area contributed by atoms with E-state index >= 15 is 0 Å². The molecule has 1 unspecified atom stereocenters. The predicted octanol–water partition coefficient (Wildman–Crippen LogP) is 7.95. The second kappa shape index (κ2) is 10.6.